The van der Waals surface area contributed by atoms with Gasteiger partial charge in [-0.15, -0.1) is 11.8 Å². The summed E-state index contributed by atoms with van der Waals surface area (Å²) in [5.41, 5.74) is 0.919. The van der Waals surface area contributed by atoms with Crippen molar-refractivity contribution >= 4 is 11.8 Å². The standard InChI is InChI=1S/C16H22N2S/c1-12(2)18-16(10-17,14-6-7-14)11-19-15-8-4-13(3)5-9-15/h4-5,8-9,12,14,18H,6-7,11H2,1-3H3. The summed E-state index contributed by atoms with van der Waals surface area (Å²) >= 11 is 1.79. The quantitative estimate of drug-likeness (QED) is 0.802. The molecule has 1 fully saturated rings. The monoisotopic (exact) mass is 274 g/mol. The van der Waals surface area contributed by atoms with Crippen molar-refractivity contribution in [2.24, 2.45) is 5.92 Å². The fourth-order valence-electron chi connectivity index (χ4n) is 2.36. The van der Waals surface area contributed by atoms with E-state index in [1.165, 1.54) is 23.3 Å². The maximum Gasteiger partial charge on any atom is 0.119 e. The predicted molar refractivity (Wildman–Crippen MR) is 81.2 cm³/mol. The lowest BCUT2D eigenvalue weighted by atomic mass is 9.96. The Morgan fingerprint density at radius 1 is 1.37 bits per heavy atom. The Morgan fingerprint density at radius 2 is 2.00 bits per heavy atom. The van der Waals surface area contributed by atoms with Gasteiger partial charge >= 0.3 is 0 Å². The van der Waals surface area contributed by atoms with Gasteiger partial charge in [0, 0.05) is 16.7 Å². The van der Waals surface area contributed by atoms with Gasteiger partial charge in [0.15, 0.2) is 0 Å². The molecule has 0 bridgehead atoms. The summed E-state index contributed by atoms with van der Waals surface area (Å²) in [7, 11) is 0. The highest BCUT2D eigenvalue weighted by Crippen LogP contribution is 2.42. The van der Waals surface area contributed by atoms with E-state index in [1.807, 2.05) is 0 Å². The smallest absolute Gasteiger partial charge is 0.119 e. The summed E-state index contributed by atoms with van der Waals surface area (Å²) in [6.45, 7) is 6.33. The Hall–Kier alpha value is -0.980. The van der Waals surface area contributed by atoms with E-state index in [2.05, 4.69) is 56.4 Å². The van der Waals surface area contributed by atoms with Crippen LogP contribution in [0, 0.1) is 24.2 Å². The second kappa shape index (κ2) is 5.98. The first-order chi connectivity index (χ1) is 9.05. The van der Waals surface area contributed by atoms with Crippen molar-refractivity contribution < 1.29 is 0 Å². The summed E-state index contributed by atoms with van der Waals surface area (Å²) in [6.07, 6.45) is 2.36. The van der Waals surface area contributed by atoms with Gasteiger partial charge in [-0.3, -0.25) is 5.32 Å². The van der Waals surface area contributed by atoms with Gasteiger partial charge in [-0.25, -0.2) is 0 Å². The maximum atomic E-state index is 9.63. The zero-order valence-corrected chi connectivity index (χ0v) is 12.8. The van der Waals surface area contributed by atoms with Crippen molar-refractivity contribution in [1.82, 2.24) is 5.32 Å². The SMILES string of the molecule is Cc1ccc(SCC(C#N)(NC(C)C)C2CC2)cc1. The number of nitrogens with zero attached hydrogens (tertiary/aromatic N) is 1. The Labute approximate surface area is 120 Å². The molecule has 0 amide bonds. The second-order valence-corrected chi connectivity index (χ2v) is 6.81. The molecule has 1 aliphatic carbocycles. The molecule has 0 heterocycles. The first-order valence-corrected chi connectivity index (χ1v) is 7.93. The lowest BCUT2D eigenvalue weighted by molar-refractivity contribution is 0.370. The number of rotatable bonds is 6. The van der Waals surface area contributed by atoms with Crippen LogP contribution < -0.4 is 5.32 Å². The molecule has 0 aromatic heterocycles. The van der Waals surface area contributed by atoms with Crippen molar-refractivity contribution in [3.05, 3.63) is 29.8 Å². The first kappa shape index (κ1) is 14.4. The third-order valence-corrected chi connectivity index (χ3v) is 4.71. The van der Waals surface area contributed by atoms with Crippen molar-refractivity contribution in [2.75, 3.05) is 5.75 Å². The zero-order valence-electron chi connectivity index (χ0n) is 11.9. The topological polar surface area (TPSA) is 35.8 Å². The number of hydrogen-bond acceptors (Lipinski definition) is 3. The molecule has 3 heteroatoms. The molecular formula is C16H22N2S. The van der Waals surface area contributed by atoms with Crippen LogP contribution in [0.5, 0.6) is 0 Å². The Morgan fingerprint density at radius 3 is 2.47 bits per heavy atom. The number of nitrogens with one attached hydrogen (secondary N) is 1. The second-order valence-electron chi connectivity index (χ2n) is 5.76. The summed E-state index contributed by atoms with van der Waals surface area (Å²) in [4.78, 5) is 1.25. The van der Waals surface area contributed by atoms with Crippen molar-refractivity contribution in [1.29, 1.82) is 5.26 Å². The highest BCUT2D eigenvalue weighted by Gasteiger charge is 2.45. The van der Waals surface area contributed by atoms with Gasteiger partial charge in [0.05, 0.1) is 6.07 Å². The average Bonchev–Trinajstić information content (AvgIpc) is 3.20. The van der Waals surface area contributed by atoms with E-state index in [9.17, 15) is 5.26 Å². The van der Waals surface area contributed by atoms with Gasteiger partial charge in [0.2, 0.25) is 0 Å². The van der Waals surface area contributed by atoms with Crippen molar-refractivity contribution in [3.63, 3.8) is 0 Å². The normalized spacial score (nSPS) is 18.1. The van der Waals surface area contributed by atoms with E-state index in [4.69, 9.17) is 0 Å². The van der Waals surface area contributed by atoms with E-state index in [-0.39, 0.29) is 5.54 Å². The predicted octanol–water partition coefficient (Wildman–Crippen LogP) is 3.76. The van der Waals surface area contributed by atoms with Gasteiger partial charge in [-0.1, -0.05) is 17.7 Å². The molecule has 0 radical (unpaired) electrons. The lowest BCUT2D eigenvalue weighted by Crippen LogP contribution is -2.51. The summed E-state index contributed by atoms with van der Waals surface area (Å²) in [5.74, 6) is 1.35. The lowest BCUT2D eigenvalue weighted by Gasteiger charge is -2.30. The van der Waals surface area contributed by atoms with Gasteiger partial charge in [0.25, 0.3) is 0 Å². The van der Waals surface area contributed by atoms with Crippen molar-refractivity contribution in [3.8, 4) is 6.07 Å². The molecular weight excluding hydrogens is 252 g/mol. The maximum absolute atomic E-state index is 9.63. The molecule has 2 nitrogen and oxygen atoms in total. The van der Waals surface area contributed by atoms with Crippen LogP contribution in [0.3, 0.4) is 0 Å². The van der Waals surface area contributed by atoms with Gasteiger partial charge in [-0.05, 0) is 51.7 Å². The minimum atomic E-state index is -0.357. The van der Waals surface area contributed by atoms with E-state index in [0.717, 1.165) is 5.75 Å². The fraction of sp³-hybridized carbons (Fsp3) is 0.562. The van der Waals surface area contributed by atoms with Crippen LogP contribution in [0.15, 0.2) is 29.2 Å². The number of thioether (sulfide) groups is 1. The molecule has 0 spiro atoms. The highest BCUT2D eigenvalue weighted by molar-refractivity contribution is 7.99. The third kappa shape index (κ3) is 3.75. The number of nitriles is 1. The van der Waals surface area contributed by atoms with E-state index < -0.39 is 0 Å². The van der Waals surface area contributed by atoms with Crippen LogP contribution in [-0.4, -0.2) is 17.3 Å². The molecule has 1 aromatic rings. The van der Waals surface area contributed by atoms with Gasteiger partial charge < -0.3 is 0 Å². The molecule has 1 saturated carbocycles. The highest BCUT2D eigenvalue weighted by atomic mass is 32.2. The Balaban J connectivity index is 2.04. The van der Waals surface area contributed by atoms with Gasteiger partial charge in [-0.2, -0.15) is 5.26 Å². The molecule has 102 valence electrons. The van der Waals surface area contributed by atoms with Crippen LogP contribution in [-0.2, 0) is 0 Å². The molecule has 0 saturated heterocycles. The minimum absolute atomic E-state index is 0.346. The summed E-state index contributed by atoms with van der Waals surface area (Å²) in [5, 5.41) is 13.1. The summed E-state index contributed by atoms with van der Waals surface area (Å²) in [6, 6.07) is 11.4. The Bertz CT molecular complexity index is 457. The van der Waals surface area contributed by atoms with E-state index in [0.29, 0.717) is 12.0 Å². The Kier molecular flexibility index (Phi) is 4.54. The van der Waals surface area contributed by atoms with E-state index >= 15 is 0 Å². The molecule has 1 aliphatic rings. The summed E-state index contributed by atoms with van der Waals surface area (Å²) < 4.78 is 0. The first-order valence-electron chi connectivity index (χ1n) is 6.94. The molecule has 1 N–H and O–H groups in total. The fourth-order valence-corrected chi connectivity index (χ4v) is 3.46. The number of aryl methyl sites for hydroxylation is 1. The molecule has 1 atom stereocenters. The molecule has 0 aliphatic heterocycles. The van der Waals surface area contributed by atoms with Crippen LogP contribution in [0.2, 0.25) is 0 Å². The van der Waals surface area contributed by atoms with Crippen LogP contribution in [0.4, 0.5) is 0 Å². The van der Waals surface area contributed by atoms with Crippen LogP contribution in [0.25, 0.3) is 0 Å². The average molecular weight is 274 g/mol. The van der Waals surface area contributed by atoms with E-state index in [1.54, 1.807) is 11.8 Å². The molecule has 2 rings (SSSR count). The molecule has 1 unspecified atom stereocenters. The zero-order chi connectivity index (χ0) is 13.9. The van der Waals surface area contributed by atoms with Gasteiger partial charge in [0.1, 0.15) is 5.54 Å². The van der Waals surface area contributed by atoms with Crippen molar-refractivity contribution in [2.45, 2.75) is 50.1 Å². The largest absolute Gasteiger partial charge is 0.296 e. The molecule has 19 heavy (non-hydrogen) atoms. The number of hydrogen-bond donors (Lipinski definition) is 1. The van der Waals surface area contributed by atoms with Crippen LogP contribution in [0.1, 0.15) is 32.3 Å². The number of benzene rings is 1. The molecule has 1 aromatic carbocycles. The third-order valence-electron chi connectivity index (χ3n) is 3.51. The minimum Gasteiger partial charge on any atom is -0.296 e. The van der Waals surface area contributed by atoms with Crippen LogP contribution >= 0.6 is 11.8 Å².